The first-order chi connectivity index (χ1) is 8.60. The Morgan fingerprint density at radius 2 is 2.06 bits per heavy atom. The molecule has 0 amide bonds. The smallest absolute Gasteiger partial charge is 0.119 e. The minimum atomic E-state index is -0.528. The number of benzene rings is 1. The van der Waals surface area contributed by atoms with E-state index in [0.717, 1.165) is 17.7 Å². The summed E-state index contributed by atoms with van der Waals surface area (Å²) in [5.41, 5.74) is 6.62. The van der Waals surface area contributed by atoms with Gasteiger partial charge in [0, 0.05) is 5.92 Å². The van der Waals surface area contributed by atoms with Crippen LogP contribution in [-0.2, 0) is 0 Å². The molecule has 1 rings (SSSR count). The Kier molecular flexibility index (Phi) is 6.16. The lowest BCUT2D eigenvalue weighted by Crippen LogP contribution is -2.26. The van der Waals surface area contributed by atoms with Gasteiger partial charge in [-0.15, -0.1) is 0 Å². The highest BCUT2D eigenvalue weighted by molar-refractivity contribution is 5.30. The molecule has 2 atom stereocenters. The first kappa shape index (κ1) is 15.0. The summed E-state index contributed by atoms with van der Waals surface area (Å²) < 4.78 is 5.58. The third-order valence-electron chi connectivity index (χ3n) is 3.21. The third kappa shape index (κ3) is 4.00. The van der Waals surface area contributed by atoms with Crippen LogP contribution in [0, 0.1) is 11.8 Å². The van der Waals surface area contributed by atoms with Crippen molar-refractivity contribution in [1.82, 2.24) is 0 Å². The van der Waals surface area contributed by atoms with Crippen molar-refractivity contribution in [2.75, 3.05) is 13.2 Å². The maximum Gasteiger partial charge on any atom is 0.119 e. The van der Waals surface area contributed by atoms with Crippen LogP contribution in [0.15, 0.2) is 24.3 Å². The highest BCUT2D eigenvalue weighted by Gasteiger charge is 2.22. The molecule has 0 heterocycles. The molecule has 3 nitrogen and oxygen atoms in total. The van der Waals surface area contributed by atoms with E-state index in [1.54, 1.807) is 0 Å². The van der Waals surface area contributed by atoms with E-state index in [1.165, 1.54) is 0 Å². The Morgan fingerprint density at radius 1 is 1.33 bits per heavy atom. The second kappa shape index (κ2) is 7.39. The summed E-state index contributed by atoms with van der Waals surface area (Å²) in [6.45, 7) is 7.42. The first-order valence-corrected chi connectivity index (χ1v) is 6.71. The Balaban J connectivity index is 2.81. The van der Waals surface area contributed by atoms with Crippen LogP contribution in [0.1, 0.15) is 38.9 Å². The number of ether oxygens (including phenoxy) is 1. The van der Waals surface area contributed by atoms with Crippen LogP contribution >= 0.6 is 0 Å². The minimum Gasteiger partial charge on any atom is -0.494 e. The molecule has 0 aromatic heterocycles. The lowest BCUT2D eigenvalue weighted by Gasteiger charge is -2.25. The topological polar surface area (TPSA) is 55.5 Å². The van der Waals surface area contributed by atoms with Gasteiger partial charge in [0.2, 0.25) is 0 Å². The molecule has 102 valence electrons. The summed E-state index contributed by atoms with van der Waals surface area (Å²) >= 11 is 0. The SMILES string of the molecule is CCCOc1cccc(C(O)C(CN)C(C)C)c1. The molecule has 0 saturated heterocycles. The van der Waals surface area contributed by atoms with Gasteiger partial charge in [-0.2, -0.15) is 0 Å². The van der Waals surface area contributed by atoms with E-state index in [9.17, 15) is 5.11 Å². The van der Waals surface area contributed by atoms with E-state index in [4.69, 9.17) is 10.5 Å². The fourth-order valence-electron chi connectivity index (χ4n) is 2.02. The number of aliphatic hydroxyl groups excluding tert-OH is 1. The minimum absolute atomic E-state index is 0.0754. The van der Waals surface area contributed by atoms with Crippen LogP contribution in [0.2, 0.25) is 0 Å². The zero-order valence-electron chi connectivity index (χ0n) is 11.6. The summed E-state index contributed by atoms with van der Waals surface area (Å²) in [7, 11) is 0. The molecule has 0 bridgehead atoms. The molecule has 0 fully saturated rings. The van der Waals surface area contributed by atoms with Gasteiger partial charge in [-0.05, 0) is 36.6 Å². The van der Waals surface area contributed by atoms with E-state index in [-0.39, 0.29) is 5.92 Å². The van der Waals surface area contributed by atoms with Crippen LogP contribution in [0.4, 0.5) is 0 Å². The molecular weight excluding hydrogens is 226 g/mol. The predicted octanol–water partition coefficient (Wildman–Crippen LogP) is 2.74. The lowest BCUT2D eigenvalue weighted by molar-refractivity contribution is 0.0858. The maximum atomic E-state index is 10.4. The largest absolute Gasteiger partial charge is 0.494 e. The number of nitrogens with two attached hydrogens (primary N) is 1. The standard InChI is InChI=1S/C15H25NO2/c1-4-8-18-13-7-5-6-12(9-13)15(17)14(10-16)11(2)3/h5-7,9,11,14-15,17H,4,8,10,16H2,1-3H3. The number of hydrogen-bond donors (Lipinski definition) is 2. The Morgan fingerprint density at radius 3 is 2.61 bits per heavy atom. The molecule has 1 aromatic carbocycles. The molecule has 0 aliphatic heterocycles. The number of aliphatic hydroxyl groups is 1. The average Bonchev–Trinajstić information content (AvgIpc) is 2.37. The van der Waals surface area contributed by atoms with Crippen molar-refractivity contribution in [3.05, 3.63) is 29.8 Å². The normalized spacial score (nSPS) is 14.6. The maximum absolute atomic E-state index is 10.4. The summed E-state index contributed by atoms with van der Waals surface area (Å²) in [4.78, 5) is 0. The number of hydrogen-bond acceptors (Lipinski definition) is 3. The molecule has 1 aromatic rings. The van der Waals surface area contributed by atoms with E-state index in [2.05, 4.69) is 20.8 Å². The molecular formula is C15H25NO2. The second-order valence-electron chi connectivity index (χ2n) is 5.01. The summed E-state index contributed by atoms with van der Waals surface area (Å²) in [6, 6.07) is 7.66. The zero-order valence-corrected chi connectivity index (χ0v) is 11.6. The Bertz CT molecular complexity index is 352. The molecule has 2 unspecified atom stereocenters. The molecule has 18 heavy (non-hydrogen) atoms. The number of rotatable bonds is 7. The van der Waals surface area contributed by atoms with Gasteiger partial charge in [-0.25, -0.2) is 0 Å². The highest BCUT2D eigenvalue weighted by Crippen LogP contribution is 2.29. The van der Waals surface area contributed by atoms with Crippen LogP contribution in [-0.4, -0.2) is 18.3 Å². The van der Waals surface area contributed by atoms with Crippen molar-refractivity contribution in [1.29, 1.82) is 0 Å². The van der Waals surface area contributed by atoms with Crippen molar-refractivity contribution in [2.45, 2.75) is 33.3 Å². The van der Waals surface area contributed by atoms with Crippen molar-refractivity contribution in [3.8, 4) is 5.75 Å². The summed E-state index contributed by atoms with van der Waals surface area (Å²) in [5, 5.41) is 10.4. The van der Waals surface area contributed by atoms with Crippen molar-refractivity contribution < 1.29 is 9.84 Å². The van der Waals surface area contributed by atoms with Gasteiger partial charge in [-0.3, -0.25) is 0 Å². The predicted molar refractivity (Wildman–Crippen MR) is 74.6 cm³/mol. The summed E-state index contributed by atoms with van der Waals surface area (Å²) in [5.74, 6) is 1.24. The molecule has 0 aliphatic rings. The monoisotopic (exact) mass is 251 g/mol. The Hall–Kier alpha value is -1.06. The highest BCUT2D eigenvalue weighted by atomic mass is 16.5. The van der Waals surface area contributed by atoms with Gasteiger partial charge in [0.05, 0.1) is 12.7 Å². The fourth-order valence-corrected chi connectivity index (χ4v) is 2.02. The quantitative estimate of drug-likeness (QED) is 0.783. The van der Waals surface area contributed by atoms with E-state index in [0.29, 0.717) is 19.1 Å². The molecule has 0 spiro atoms. The first-order valence-electron chi connectivity index (χ1n) is 6.71. The molecule has 3 heteroatoms. The van der Waals surface area contributed by atoms with Gasteiger partial charge < -0.3 is 15.6 Å². The molecule has 0 aliphatic carbocycles. The van der Waals surface area contributed by atoms with Crippen molar-refractivity contribution >= 4 is 0 Å². The van der Waals surface area contributed by atoms with Gasteiger partial charge in [0.15, 0.2) is 0 Å². The third-order valence-corrected chi connectivity index (χ3v) is 3.21. The van der Waals surface area contributed by atoms with Gasteiger partial charge in [0.1, 0.15) is 5.75 Å². The van der Waals surface area contributed by atoms with Crippen LogP contribution in [0.3, 0.4) is 0 Å². The van der Waals surface area contributed by atoms with Gasteiger partial charge in [0.25, 0.3) is 0 Å². The van der Waals surface area contributed by atoms with Crippen LogP contribution < -0.4 is 10.5 Å². The molecule has 0 saturated carbocycles. The zero-order chi connectivity index (χ0) is 13.5. The van der Waals surface area contributed by atoms with Crippen LogP contribution in [0.25, 0.3) is 0 Å². The average molecular weight is 251 g/mol. The molecule has 0 radical (unpaired) electrons. The molecule has 3 N–H and O–H groups in total. The van der Waals surface area contributed by atoms with Gasteiger partial charge >= 0.3 is 0 Å². The fraction of sp³-hybridized carbons (Fsp3) is 0.600. The van der Waals surface area contributed by atoms with Crippen LogP contribution in [0.5, 0.6) is 5.75 Å². The van der Waals surface area contributed by atoms with E-state index >= 15 is 0 Å². The summed E-state index contributed by atoms with van der Waals surface area (Å²) in [6.07, 6.45) is 0.449. The van der Waals surface area contributed by atoms with Gasteiger partial charge in [-0.1, -0.05) is 32.9 Å². The van der Waals surface area contributed by atoms with E-state index in [1.807, 2.05) is 24.3 Å². The lowest BCUT2D eigenvalue weighted by atomic mass is 9.86. The van der Waals surface area contributed by atoms with E-state index < -0.39 is 6.10 Å². The van der Waals surface area contributed by atoms with Crippen molar-refractivity contribution in [3.63, 3.8) is 0 Å². The van der Waals surface area contributed by atoms with Crippen molar-refractivity contribution in [2.24, 2.45) is 17.6 Å². The second-order valence-corrected chi connectivity index (χ2v) is 5.01. The Labute approximate surface area is 110 Å².